The van der Waals surface area contributed by atoms with Gasteiger partial charge in [-0.05, 0) is 0 Å². The second kappa shape index (κ2) is 3.04. The Morgan fingerprint density at radius 3 is 1.71 bits per heavy atom. The second-order valence-electron chi connectivity index (χ2n) is 3.25. The average molecular weight is 314 g/mol. The maximum absolute atomic E-state index is 4.56. The van der Waals surface area contributed by atoms with Crippen LogP contribution in [0.5, 0.6) is 0 Å². The van der Waals surface area contributed by atoms with E-state index in [1.807, 2.05) is 0 Å². The number of fused-ring (bicyclic) bond motifs is 2. The van der Waals surface area contributed by atoms with E-state index in [4.69, 9.17) is 0 Å². The van der Waals surface area contributed by atoms with E-state index in [2.05, 4.69) is 35.9 Å². The van der Waals surface area contributed by atoms with E-state index in [0.717, 1.165) is 0 Å². The van der Waals surface area contributed by atoms with Crippen molar-refractivity contribution in [2.24, 2.45) is 0 Å². The Morgan fingerprint density at radius 1 is 0.857 bits per heavy atom. The quantitative estimate of drug-likeness (QED) is 0.588. The van der Waals surface area contributed by atoms with Crippen molar-refractivity contribution in [2.75, 3.05) is 0 Å². The Hall–Kier alpha value is -0.401. The Labute approximate surface area is 93.5 Å². The molecule has 4 heteroatoms. The summed E-state index contributed by atoms with van der Waals surface area (Å²) in [7, 11) is 0. The van der Waals surface area contributed by atoms with E-state index < -0.39 is 0 Å². The van der Waals surface area contributed by atoms with Crippen molar-refractivity contribution in [3.63, 3.8) is 0 Å². The zero-order chi connectivity index (χ0) is 9.71. The van der Waals surface area contributed by atoms with Crippen molar-refractivity contribution in [2.45, 2.75) is 13.8 Å². The van der Waals surface area contributed by atoms with Gasteiger partial charge in [-0.3, -0.25) is 0 Å². The molecule has 0 radical (unpaired) electrons. The molecule has 0 atom stereocenters. The third-order valence-electron chi connectivity index (χ3n) is 2.11. The molecule has 70 valence electrons. The van der Waals surface area contributed by atoms with Crippen LogP contribution in [0.2, 0.25) is 0 Å². The Bertz CT molecular complexity index is 519. The van der Waals surface area contributed by atoms with Crippen LogP contribution in [0.15, 0.2) is 12.1 Å². The van der Waals surface area contributed by atoms with Gasteiger partial charge >= 0.3 is 93.6 Å². The van der Waals surface area contributed by atoms with Gasteiger partial charge in [0.2, 0.25) is 0 Å². The predicted octanol–water partition coefficient (Wildman–Crippen LogP) is 1.51. The Balaban J connectivity index is 2.49. The molecule has 2 aromatic heterocycles. The summed E-state index contributed by atoms with van der Waals surface area (Å²) < 4.78 is 5.37. The van der Waals surface area contributed by atoms with Crippen LogP contribution in [-0.4, -0.2) is 39.0 Å². The van der Waals surface area contributed by atoms with Gasteiger partial charge in [0.15, 0.2) is 0 Å². The van der Waals surface area contributed by atoms with Gasteiger partial charge in [-0.2, -0.15) is 0 Å². The van der Waals surface area contributed by atoms with E-state index in [9.17, 15) is 0 Å². The van der Waals surface area contributed by atoms with Crippen LogP contribution in [0, 0.1) is 13.8 Å². The normalized spacial score (nSPS) is 11.6. The van der Waals surface area contributed by atoms with Gasteiger partial charge in [0.1, 0.15) is 0 Å². The fourth-order valence-electron chi connectivity index (χ4n) is 1.58. The van der Waals surface area contributed by atoms with Crippen molar-refractivity contribution in [1.82, 2.24) is 9.97 Å². The summed E-state index contributed by atoms with van der Waals surface area (Å²) in [5.74, 6) is 0. The molecule has 0 bridgehead atoms. The number of rotatable bonds is 0. The molecule has 1 aromatic carbocycles. The number of aromatic nitrogens is 2. The van der Waals surface area contributed by atoms with Crippen molar-refractivity contribution >= 4 is 48.6 Å². The first-order valence-electron chi connectivity index (χ1n) is 4.37. The molecular weight excluding hydrogens is 306 g/mol. The molecule has 0 spiro atoms. The van der Waals surface area contributed by atoms with Crippen molar-refractivity contribution < 1.29 is 0 Å². The van der Waals surface area contributed by atoms with Crippen molar-refractivity contribution in [1.29, 1.82) is 0 Å². The molecule has 14 heavy (non-hydrogen) atoms. The van der Waals surface area contributed by atoms with Crippen LogP contribution in [0.3, 0.4) is 0 Å². The third kappa shape index (κ3) is 1.30. The summed E-state index contributed by atoms with van der Waals surface area (Å²) in [6.45, 7) is 4.23. The van der Waals surface area contributed by atoms with Crippen LogP contribution in [0.1, 0.15) is 9.14 Å². The standard InChI is InChI=1S/C10H8N2Se2/c1-5-11-7-3-10-8(4-9(7)13-5)12-6(2)14-10/h3-4H,1-2H3. The first-order chi connectivity index (χ1) is 6.72. The van der Waals surface area contributed by atoms with Gasteiger partial charge in [-0.15, -0.1) is 0 Å². The molecular formula is C10H8N2Se2. The summed E-state index contributed by atoms with van der Waals surface area (Å²) in [6, 6.07) is 4.48. The van der Waals surface area contributed by atoms with Gasteiger partial charge in [0.25, 0.3) is 0 Å². The Morgan fingerprint density at radius 2 is 1.29 bits per heavy atom. The number of nitrogens with zero attached hydrogens (tertiary/aromatic N) is 2. The van der Waals surface area contributed by atoms with Gasteiger partial charge < -0.3 is 0 Å². The van der Waals surface area contributed by atoms with E-state index in [0.29, 0.717) is 29.0 Å². The monoisotopic (exact) mass is 316 g/mol. The average Bonchev–Trinajstić information content (AvgIpc) is 2.59. The fraction of sp³-hybridized carbons (Fsp3) is 0.200. The first kappa shape index (κ1) is 8.87. The molecule has 0 amide bonds. The van der Waals surface area contributed by atoms with Crippen LogP contribution < -0.4 is 0 Å². The summed E-state index contributed by atoms with van der Waals surface area (Å²) in [5.41, 5.74) is 2.40. The summed E-state index contributed by atoms with van der Waals surface area (Å²) in [5, 5.41) is 0. The summed E-state index contributed by atoms with van der Waals surface area (Å²) >= 11 is 0.896. The van der Waals surface area contributed by atoms with E-state index >= 15 is 0 Å². The van der Waals surface area contributed by atoms with Gasteiger partial charge in [-0.25, -0.2) is 0 Å². The molecule has 2 heterocycles. The minimum atomic E-state index is 0.448. The zero-order valence-corrected chi connectivity index (χ0v) is 11.3. The van der Waals surface area contributed by atoms with Crippen LogP contribution in [-0.2, 0) is 0 Å². The number of hydrogen-bond acceptors (Lipinski definition) is 2. The SMILES string of the molecule is Cc1nc2cc3[se]c(C)nc3cc2[se]1. The van der Waals surface area contributed by atoms with Gasteiger partial charge in [0.05, 0.1) is 0 Å². The van der Waals surface area contributed by atoms with Gasteiger partial charge in [-0.1, -0.05) is 0 Å². The van der Waals surface area contributed by atoms with E-state index in [-0.39, 0.29) is 0 Å². The first-order valence-corrected chi connectivity index (χ1v) is 7.79. The minimum absolute atomic E-state index is 0.448. The molecule has 0 aliphatic carbocycles. The van der Waals surface area contributed by atoms with Crippen molar-refractivity contribution in [3.8, 4) is 0 Å². The van der Waals surface area contributed by atoms with Crippen molar-refractivity contribution in [3.05, 3.63) is 21.3 Å². The van der Waals surface area contributed by atoms with Crippen LogP contribution in [0.25, 0.3) is 19.6 Å². The predicted molar refractivity (Wildman–Crippen MR) is 60.4 cm³/mol. The van der Waals surface area contributed by atoms with Crippen LogP contribution >= 0.6 is 0 Å². The molecule has 0 fully saturated rings. The zero-order valence-electron chi connectivity index (χ0n) is 7.87. The molecule has 0 aliphatic heterocycles. The summed E-state index contributed by atoms with van der Waals surface area (Å²) in [6.07, 6.45) is 0. The number of hydrogen-bond donors (Lipinski definition) is 0. The molecule has 0 saturated heterocycles. The van der Waals surface area contributed by atoms with E-state index in [1.165, 1.54) is 28.7 Å². The van der Waals surface area contributed by atoms with Crippen LogP contribution in [0.4, 0.5) is 0 Å². The van der Waals surface area contributed by atoms with E-state index in [1.54, 1.807) is 0 Å². The number of benzene rings is 1. The molecule has 0 aliphatic rings. The topological polar surface area (TPSA) is 25.8 Å². The van der Waals surface area contributed by atoms with Gasteiger partial charge in [0, 0.05) is 0 Å². The third-order valence-corrected chi connectivity index (χ3v) is 6.03. The number of aryl methyl sites for hydroxylation is 2. The Kier molecular flexibility index (Phi) is 1.93. The molecule has 3 aromatic rings. The fourth-order valence-corrected chi connectivity index (χ4v) is 5.11. The molecule has 3 rings (SSSR count). The molecule has 0 saturated carbocycles. The second-order valence-corrected chi connectivity index (χ2v) is 8.43. The molecule has 0 unspecified atom stereocenters. The molecule has 0 N–H and O–H groups in total. The maximum atomic E-state index is 4.56. The molecule has 2 nitrogen and oxygen atoms in total. The summed E-state index contributed by atoms with van der Waals surface area (Å²) in [4.78, 5) is 9.12.